The van der Waals surface area contributed by atoms with Crippen molar-refractivity contribution >= 4 is 11.8 Å². The van der Waals surface area contributed by atoms with Crippen molar-refractivity contribution in [1.82, 2.24) is 24.7 Å². The topological polar surface area (TPSA) is 69.6 Å². The molecule has 3 aliphatic heterocycles. The summed E-state index contributed by atoms with van der Waals surface area (Å²) in [6, 6.07) is -0.0201. The van der Waals surface area contributed by atoms with Gasteiger partial charge in [-0.15, -0.1) is 0 Å². The van der Waals surface area contributed by atoms with Crippen LogP contribution in [0.3, 0.4) is 0 Å². The lowest BCUT2D eigenvalue weighted by molar-refractivity contribution is -0.135. The van der Waals surface area contributed by atoms with Crippen molar-refractivity contribution in [2.24, 2.45) is 0 Å². The summed E-state index contributed by atoms with van der Waals surface area (Å²) in [7, 11) is 0. The van der Waals surface area contributed by atoms with Gasteiger partial charge in [-0.3, -0.25) is 14.5 Å². The van der Waals surface area contributed by atoms with E-state index in [9.17, 15) is 9.59 Å². The Hall–Kier alpha value is -2.02. The predicted octanol–water partition coefficient (Wildman–Crippen LogP) is 1.18. The average molecular weight is 371 g/mol. The molecule has 0 bridgehead atoms. The fraction of sp³-hybridized carbons (Fsp3) is 0.700. The molecule has 0 saturated carbocycles. The summed E-state index contributed by atoms with van der Waals surface area (Å²) in [5.41, 5.74) is 2.11. The van der Waals surface area contributed by atoms with E-state index in [-0.39, 0.29) is 23.8 Å². The molecule has 0 radical (unpaired) electrons. The van der Waals surface area contributed by atoms with E-state index in [0.717, 1.165) is 62.6 Å². The number of likely N-dealkylation sites (tertiary alicyclic amines) is 2. The van der Waals surface area contributed by atoms with E-state index >= 15 is 0 Å². The van der Waals surface area contributed by atoms with Crippen molar-refractivity contribution in [2.75, 3.05) is 32.7 Å². The molecular weight excluding hydrogens is 342 g/mol. The monoisotopic (exact) mass is 371 g/mol. The van der Waals surface area contributed by atoms with Crippen LogP contribution in [-0.2, 0) is 22.6 Å². The molecule has 146 valence electrons. The predicted molar refractivity (Wildman–Crippen MR) is 101 cm³/mol. The molecule has 7 nitrogen and oxygen atoms in total. The van der Waals surface area contributed by atoms with Crippen LogP contribution in [0.15, 0.2) is 6.20 Å². The number of aromatic nitrogens is 2. The van der Waals surface area contributed by atoms with Gasteiger partial charge < -0.3 is 9.80 Å². The van der Waals surface area contributed by atoms with Crippen molar-refractivity contribution in [1.29, 1.82) is 0 Å². The van der Waals surface area contributed by atoms with Crippen molar-refractivity contribution in [2.45, 2.75) is 58.0 Å². The Morgan fingerprint density at radius 1 is 1.15 bits per heavy atom. The first-order valence-electron chi connectivity index (χ1n) is 10.2. The fourth-order valence-corrected chi connectivity index (χ4v) is 4.52. The van der Waals surface area contributed by atoms with Crippen molar-refractivity contribution in [3.63, 3.8) is 0 Å². The second-order valence-corrected chi connectivity index (χ2v) is 8.08. The van der Waals surface area contributed by atoms with Crippen LogP contribution in [0.5, 0.6) is 0 Å². The second kappa shape index (κ2) is 7.54. The number of hydrogen-bond acceptors (Lipinski definition) is 5. The first kappa shape index (κ1) is 18.3. The lowest BCUT2D eigenvalue weighted by Crippen LogP contribution is -2.45. The molecule has 4 heterocycles. The maximum absolute atomic E-state index is 12.8. The number of hydrogen-bond donors (Lipinski definition) is 0. The van der Waals surface area contributed by atoms with Crippen LogP contribution in [-0.4, -0.2) is 75.2 Å². The highest BCUT2D eigenvalue weighted by Crippen LogP contribution is 2.27. The van der Waals surface area contributed by atoms with Crippen LogP contribution in [0.2, 0.25) is 0 Å². The molecule has 2 amide bonds. The smallest absolute Gasteiger partial charge is 0.239 e. The standard InChI is InChI=1S/C20H29N5O2/c1-14(23-7-3-4-8-23)20(27)25-9-5-16(12-25)19-21-11-17-13-24(15(2)26)10-6-18(17)22-19/h11,14,16H,3-10,12-13H2,1-2H3/t14-,16+/m1/s1. The number of carbonyl (C=O) groups is 2. The zero-order valence-corrected chi connectivity index (χ0v) is 16.4. The minimum absolute atomic E-state index is 0.0201. The van der Waals surface area contributed by atoms with Gasteiger partial charge in [-0.05, 0) is 39.3 Å². The van der Waals surface area contributed by atoms with Gasteiger partial charge in [-0.25, -0.2) is 9.97 Å². The molecule has 2 saturated heterocycles. The maximum atomic E-state index is 12.8. The Kier molecular flexibility index (Phi) is 5.12. The lowest BCUT2D eigenvalue weighted by Gasteiger charge is -2.28. The molecule has 0 N–H and O–H groups in total. The SMILES string of the molecule is CC(=O)N1CCc2nc([C@H]3CCN(C(=O)[C@@H](C)N4CCCC4)C3)ncc2C1. The summed E-state index contributed by atoms with van der Waals surface area (Å²) < 4.78 is 0. The Balaban J connectivity index is 1.40. The highest BCUT2D eigenvalue weighted by Gasteiger charge is 2.34. The summed E-state index contributed by atoms with van der Waals surface area (Å²) in [5, 5.41) is 0. The average Bonchev–Trinajstić information content (AvgIpc) is 3.38. The third-order valence-electron chi connectivity index (χ3n) is 6.31. The van der Waals surface area contributed by atoms with Gasteiger partial charge in [0.1, 0.15) is 5.82 Å². The van der Waals surface area contributed by atoms with Crippen LogP contribution in [0.1, 0.15) is 56.1 Å². The van der Waals surface area contributed by atoms with Gasteiger partial charge in [0.25, 0.3) is 0 Å². The van der Waals surface area contributed by atoms with E-state index in [1.165, 1.54) is 12.8 Å². The lowest BCUT2D eigenvalue weighted by atomic mass is 10.0. The summed E-state index contributed by atoms with van der Waals surface area (Å²) >= 11 is 0. The quantitative estimate of drug-likeness (QED) is 0.798. The van der Waals surface area contributed by atoms with Gasteiger partial charge in [0.15, 0.2) is 0 Å². The molecule has 0 unspecified atom stereocenters. The van der Waals surface area contributed by atoms with Crippen LogP contribution in [0, 0.1) is 0 Å². The van der Waals surface area contributed by atoms with Gasteiger partial charge in [0.2, 0.25) is 11.8 Å². The zero-order valence-electron chi connectivity index (χ0n) is 16.4. The van der Waals surface area contributed by atoms with E-state index in [4.69, 9.17) is 4.98 Å². The van der Waals surface area contributed by atoms with Gasteiger partial charge in [-0.2, -0.15) is 0 Å². The molecular formula is C20H29N5O2. The Morgan fingerprint density at radius 2 is 1.93 bits per heavy atom. The molecule has 3 aliphatic rings. The van der Waals surface area contributed by atoms with Crippen molar-refractivity contribution in [3.8, 4) is 0 Å². The van der Waals surface area contributed by atoms with Crippen LogP contribution < -0.4 is 0 Å². The minimum Gasteiger partial charge on any atom is -0.341 e. The highest BCUT2D eigenvalue weighted by atomic mass is 16.2. The largest absolute Gasteiger partial charge is 0.341 e. The summed E-state index contributed by atoms with van der Waals surface area (Å²) in [5.74, 6) is 1.42. The van der Waals surface area contributed by atoms with E-state index in [1.807, 2.05) is 22.9 Å². The molecule has 2 fully saturated rings. The van der Waals surface area contributed by atoms with Crippen LogP contribution in [0.4, 0.5) is 0 Å². The van der Waals surface area contributed by atoms with E-state index < -0.39 is 0 Å². The third kappa shape index (κ3) is 3.70. The third-order valence-corrected chi connectivity index (χ3v) is 6.31. The van der Waals surface area contributed by atoms with Gasteiger partial charge in [-0.1, -0.05) is 0 Å². The summed E-state index contributed by atoms with van der Waals surface area (Å²) in [4.78, 5) is 39.9. The fourth-order valence-electron chi connectivity index (χ4n) is 4.52. The summed E-state index contributed by atoms with van der Waals surface area (Å²) in [6.45, 7) is 8.56. The molecule has 0 spiro atoms. The Bertz CT molecular complexity index is 731. The number of nitrogens with zero attached hydrogens (tertiary/aromatic N) is 5. The second-order valence-electron chi connectivity index (χ2n) is 8.08. The molecule has 1 aromatic heterocycles. The molecule has 27 heavy (non-hydrogen) atoms. The number of carbonyl (C=O) groups excluding carboxylic acids is 2. The van der Waals surface area contributed by atoms with Crippen molar-refractivity contribution in [3.05, 3.63) is 23.3 Å². The molecule has 4 rings (SSSR count). The number of rotatable bonds is 3. The van der Waals surface area contributed by atoms with Gasteiger partial charge in [0, 0.05) is 57.2 Å². The van der Waals surface area contributed by atoms with Gasteiger partial charge in [0.05, 0.1) is 11.7 Å². The molecule has 2 atom stereocenters. The highest BCUT2D eigenvalue weighted by molar-refractivity contribution is 5.81. The number of amides is 2. The van der Waals surface area contributed by atoms with Crippen LogP contribution >= 0.6 is 0 Å². The van der Waals surface area contributed by atoms with E-state index in [2.05, 4.69) is 9.88 Å². The van der Waals surface area contributed by atoms with Crippen LogP contribution in [0.25, 0.3) is 0 Å². The molecule has 1 aromatic rings. The molecule has 0 aliphatic carbocycles. The molecule has 0 aromatic carbocycles. The number of fused-ring (bicyclic) bond motifs is 1. The zero-order chi connectivity index (χ0) is 19.0. The maximum Gasteiger partial charge on any atom is 0.239 e. The van der Waals surface area contributed by atoms with E-state index in [0.29, 0.717) is 6.54 Å². The first-order valence-corrected chi connectivity index (χ1v) is 10.2. The summed E-state index contributed by atoms with van der Waals surface area (Å²) in [6.07, 6.45) is 5.99. The van der Waals surface area contributed by atoms with Crippen molar-refractivity contribution < 1.29 is 9.59 Å². The Morgan fingerprint density at radius 3 is 2.67 bits per heavy atom. The Labute approximate surface area is 160 Å². The van der Waals surface area contributed by atoms with Gasteiger partial charge >= 0.3 is 0 Å². The first-order chi connectivity index (χ1) is 13.0. The normalized spacial score (nSPS) is 24.1. The molecule has 7 heteroatoms. The minimum atomic E-state index is -0.0201. The van der Waals surface area contributed by atoms with E-state index in [1.54, 1.807) is 6.92 Å².